The molecule has 0 spiro atoms. The molecule has 15 heavy (non-hydrogen) atoms. The molecule has 0 amide bonds. The first-order valence-electron chi connectivity index (χ1n) is 4.76. The van der Waals surface area contributed by atoms with Crippen molar-refractivity contribution >= 4 is 5.97 Å². The van der Waals surface area contributed by atoms with Crippen LogP contribution in [0.4, 0.5) is 8.78 Å². The highest BCUT2D eigenvalue weighted by Crippen LogP contribution is 2.00. The zero-order valence-corrected chi connectivity index (χ0v) is 8.95. The van der Waals surface area contributed by atoms with E-state index in [1.807, 2.05) is 0 Å². The van der Waals surface area contributed by atoms with Crippen molar-refractivity contribution in [2.75, 3.05) is 26.7 Å². The molecule has 0 bridgehead atoms. The molecule has 0 aromatic heterocycles. The van der Waals surface area contributed by atoms with Gasteiger partial charge in [0.05, 0.1) is 25.7 Å². The van der Waals surface area contributed by atoms with Crippen LogP contribution in [0.1, 0.15) is 13.3 Å². The first kappa shape index (κ1) is 14.2. The molecule has 0 heterocycles. The predicted molar refractivity (Wildman–Crippen MR) is 50.8 cm³/mol. The van der Waals surface area contributed by atoms with Gasteiger partial charge in [-0.2, -0.15) is 0 Å². The Morgan fingerprint density at radius 3 is 2.53 bits per heavy atom. The summed E-state index contributed by atoms with van der Waals surface area (Å²) in [7, 11) is 1.46. The Hall–Kier alpha value is -0.750. The predicted octanol–water partition coefficient (Wildman–Crippen LogP) is 0.497. The quantitative estimate of drug-likeness (QED) is 0.641. The molecular weight excluding hydrogens is 208 g/mol. The van der Waals surface area contributed by atoms with E-state index in [0.717, 1.165) is 0 Å². The van der Waals surface area contributed by atoms with Crippen LogP contribution in [0, 0.1) is 0 Å². The number of ether oxygens (including phenoxy) is 1. The van der Waals surface area contributed by atoms with E-state index < -0.39 is 25.0 Å². The number of carbonyl (C=O) groups is 1. The smallest absolute Gasteiger partial charge is 0.308 e. The Kier molecular flexibility index (Phi) is 7.15. The van der Waals surface area contributed by atoms with Crippen molar-refractivity contribution in [1.82, 2.24) is 4.90 Å². The number of hydrogen-bond acceptors (Lipinski definition) is 4. The topological polar surface area (TPSA) is 49.8 Å². The molecule has 0 rings (SSSR count). The highest BCUT2D eigenvalue weighted by atomic mass is 19.3. The van der Waals surface area contributed by atoms with Gasteiger partial charge >= 0.3 is 5.97 Å². The number of esters is 1. The monoisotopic (exact) mass is 225 g/mol. The standard InChI is InChI=1S/C9H17F2NO3/c1-3-15-9(14)4-7(13)5-12(2)6-8(10)11/h7-8,13H,3-6H2,1-2H3. The lowest BCUT2D eigenvalue weighted by Crippen LogP contribution is -2.34. The molecule has 0 aliphatic carbocycles. The van der Waals surface area contributed by atoms with Crippen molar-refractivity contribution in [1.29, 1.82) is 0 Å². The van der Waals surface area contributed by atoms with Crippen molar-refractivity contribution < 1.29 is 23.4 Å². The van der Waals surface area contributed by atoms with Crippen molar-refractivity contribution in [2.24, 2.45) is 0 Å². The summed E-state index contributed by atoms with van der Waals surface area (Å²) >= 11 is 0. The number of rotatable bonds is 7. The van der Waals surface area contributed by atoms with Crippen molar-refractivity contribution in [3.63, 3.8) is 0 Å². The number of aliphatic hydroxyl groups excluding tert-OH is 1. The number of hydrogen-bond donors (Lipinski definition) is 1. The van der Waals surface area contributed by atoms with Crippen LogP contribution in [-0.2, 0) is 9.53 Å². The van der Waals surface area contributed by atoms with Gasteiger partial charge in [0, 0.05) is 6.54 Å². The van der Waals surface area contributed by atoms with E-state index in [1.54, 1.807) is 6.92 Å². The maximum Gasteiger partial charge on any atom is 0.308 e. The summed E-state index contributed by atoms with van der Waals surface area (Å²) < 4.78 is 28.4. The van der Waals surface area contributed by atoms with Gasteiger partial charge in [-0.05, 0) is 14.0 Å². The van der Waals surface area contributed by atoms with Crippen molar-refractivity contribution in [3.05, 3.63) is 0 Å². The third kappa shape index (κ3) is 8.26. The summed E-state index contributed by atoms with van der Waals surface area (Å²) in [6.45, 7) is 1.52. The maximum absolute atomic E-state index is 11.9. The van der Waals surface area contributed by atoms with Gasteiger partial charge in [-0.25, -0.2) is 8.78 Å². The molecule has 1 unspecified atom stereocenters. The molecule has 0 saturated heterocycles. The van der Waals surface area contributed by atoms with E-state index in [9.17, 15) is 18.7 Å². The zero-order valence-electron chi connectivity index (χ0n) is 8.95. The van der Waals surface area contributed by atoms with Gasteiger partial charge in [0.2, 0.25) is 0 Å². The molecule has 90 valence electrons. The Morgan fingerprint density at radius 1 is 1.47 bits per heavy atom. The van der Waals surface area contributed by atoms with Gasteiger partial charge in [-0.15, -0.1) is 0 Å². The third-order valence-electron chi connectivity index (χ3n) is 1.68. The van der Waals surface area contributed by atoms with Gasteiger partial charge in [-0.3, -0.25) is 9.69 Å². The van der Waals surface area contributed by atoms with Gasteiger partial charge in [0.25, 0.3) is 6.43 Å². The number of halogens is 2. The molecule has 0 saturated carbocycles. The van der Waals surface area contributed by atoms with Crippen LogP contribution < -0.4 is 0 Å². The summed E-state index contributed by atoms with van der Waals surface area (Å²) in [4.78, 5) is 12.2. The minimum atomic E-state index is -2.44. The number of aliphatic hydroxyl groups is 1. The lowest BCUT2D eigenvalue weighted by Gasteiger charge is -2.19. The van der Waals surface area contributed by atoms with Crippen LogP contribution in [-0.4, -0.2) is 55.2 Å². The fourth-order valence-corrected chi connectivity index (χ4v) is 1.15. The van der Waals surface area contributed by atoms with Gasteiger partial charge in [0.15, 0.2) is 0 Å². The Balaban J connectivity index is 3.72. The lowest BCUT2D eigenvalue weighted by molar-refractivity contribution is -0.145. The molecular formula is C9H17F2NO3. The Labute approximate surface area is 87.8 Å². The van der Waals surface area contributed by atoms with Gasteiger partial charge < -0.3 is 9.84 Å². The van der Waals surface area contributed by atoms with Gasteiger partial charge in [0.1, 0.15) is 0 Å². The molecule has 1 atom stereocenters. The van der Waals surface area contributed by atoms with Crippen LogP contribution in [0.5, 0.6) is 0 Å². The number of carbonyl (C=O) groups excluding carboxylic acids is 1. The van der Waals surface area contributed by atoms with E-state index in [0.29, 0.717) is 0 Å². The molecule has 0 aliphatic rings. The fraction of sp³-hybridized carbons (Fsp3) is 0.889. The molecule has 0 aliphatic heterocycles. The third-order valence-corrected chi connectivity index (χ3v) is 1.68. The molecule has 4 nitrogen and oxygen atoms in total. The highest BCUT2D eigenvalue weighted by Gasteiger charge is 2.15. The fourth-order valence-electron chi connectivity index (χ4n) is 1.15. The van der Waals surface area contributed by atoms with E-state index >= 15 is 0 Å². The number of alkyl halides is 2. The Bertz CT molecular complexity index is 190. The van der Waals surface area contributed by atoms with Crippen LogP contribution in [0.3, 0.4) is 0 Å². The largest absolute Gasteiger partial charge is 0.466 e. The second kappa shape index (κ2) is 7.53. The summed E-state index contributed by atoms with van der Waals surface area (Å²) in [5.41, 5.74) is 0. The average molecular weight is 225 g/mol. The molecule has 0 radical (unpaired) electrons. The van der Waals surface area contributed by atoms with Crippen LogP contribution in [0.25, 0.3) is 0 Å². The second-order valence-electron chi connectivity index (χ2n) is 3.28. The summed E-state index contributed by atoms with van der Waals surface area (Å²) in [6, 6.07) is 0. The molecule has 6 heteroatoms. The first-order valence-corrected chi connectivity index (χ1v) is 4.76. The number of likely N-dealkylation sites (N-methyl/N-ethyl adjacent to an activating group) is 1. The summed E-state index contributed by atoms with van der Waals surface area (Å²) in [5.74, 6) is -0.518. The van der Waals surface area contributed by atoms with Crippen molar-refractivity contribution in [3.8, 4) is 0 Å². The minimum Gasteiger partial charge on any atom is -0.466 e. The van der Waals surface area contributed by atoms with E-state index in [2.05, 4.69) is 4.74 Å². The summed E-state index contributed by atoms with van der Waals surface area (Å²) in [5, 5.41) is 9.34. The zero-order chi connectivity index (χ0) is 11.8. The van der Waals surface area contributed by atoms with E-state index in [4.69, 9.17) is 0 Å². The Morgan fingerprint density at radius 2 is 2.07 bits per heavy atom. The molecule has 0 aromatic rings. The second-order valence-corrected chi connectivity index (χ2v) is 3.28. The van der Waals surface area contributed by atoms with E-state index in [-0.39, 0.29) is 19.6 Å². The maximum atomic E-state index is 11.9. The minimum absolute atomic E-state index is 0.0309. The SMILES string of the molecule is CCOC(=O)CC(O)CN(C)CC(F)F. The van der Waals surface area contributed by atoms with Crippen LogP contribution >= 0.6 is 0 Å². The average Bonchev–Trinajstić information content (AvgIpc) is 2.00. The number of nitrogens with zero attached hydrogens (tertiary/aromatic N) is 1. The lowest BCUT2D eigenvalue weighted by atomic mass is 10.2. The first-order chi connectivity index (χ1) is 6.95. The van der Waals surface area contributed by atoms with Crippen molar-refractivity contribution in [2.45, 2.75) is 25.9 Å². The summed E-state index contributed by atoms with van der Waals surface area (Å²) in [6.07, 6.45) is -3.57. The highest BCUT2D eigenvalue weighted by molar-refractivity contribution is 5.69. The van der Waals surface area contributed by atoms with E-state index in [1.165, 1.54) is 11.9 Å². The normalized spacial score (nSPS) is 13.3. The molecule has 0 aromatic carbocycles. The molecule has 1 N–H and O–H groups in total. The molecule has 0 fully saturated rings. The van der Waals surface area contributed by atoms with Crippen LogP contribution in [0.2, 0.25) is 0 Å². The van der Waals surface area contributed by atoms with Gasteiger partial charge in [-0.1, -0.05) is 0 Å². The van der Waals surface area contributed by atoms with Crippen LogP contribution in [0.15, 0.2) is 0 Å².